The summed E-state index contributed by atoms with van der Waals surface area (Å²) in [5, 5.41) is 6.97. The lowest BCUT2D eigenvalue weighted by Gasteiger charge is -2.23. The molecule has 0 saturated carbocycles. The van der Waals surface area contributed by atoms with Crippen molar-refractivity contribution in [3.8, 4) is 5.75 Å². The lowest BCUT2D eigenvalue weighted by molar-refractivity contribution is 0.265. The van der Waals surface area contributed by atoms with E-state index in [0.717, 1.165) is 49.2 Å². The minimum atomic E-state index is 0. The first-order valence-corrected chi connectivity index (χ1v) is 10.2. The molecule has 2 heterocycles. The fraction of sp³-hybridized carbons (Fsp3) is 0.500. The maximum absolute atomic E-state index is 5.60. The van der Waals surface area contributed by atoms with Gasteiger partial charge in [-0.15, -0.1) is 24.0 Å². The van der Waals surface area contributed by atoms with Crippen LogP contribution < -0.4 is 20.3 Å². The van der Waals surface area contributed by atoms with Gasteiger partial charge < -0.3 is 24.7 Å². The quantitative estimate of drug-likeness (QED) is 0.312. The predicted octanol–water partition coefficient (Wildman–Crippen LogP) is 3.34. The van der Waals surface area contributed by atoms with Crippen molar-refractivity contribution in [3.05, 3.63) is 48.4 Å². The molecule has 0 spiro atoms. The van der Waals surface area contributed by atoms with Crippen molar-refractivity contribution in [3.63, 3.8) is 0 Å². The Morgan fingerprint density at radius 1 is 1.30 bits per heavy atom. The highest BCUT2D eigenvalue weighted by Gasteiger charge is 2.25. The summed E-state index contributed by atoms with van der Waals surface area (Å²) in [5.74, 6) is 2.69. The molecule has 166 valence electrons. The zero-order valence-corrected chi connectivity index (χ0v) is 20.6. The largest absolute Gasteiger partial charge is 0.495 e. The third-order valence-corrected chi connectivity index (χ3v) is 5.22. The van der Waals surface area contributed by atoms with E-state index in [-0.39, 0.29) is 30.0 Å². The van der Waals surface area contributed by atoms with E-state index in [1.165, 1.54) is 0 Å². The molecule has 1 aliphatic rings. The number of methoxy groups -OCH3 is 1. The Morgan fingerprint density at radius 3 is 2.77 bits per heavy atom. The topological polar surface area (TPSA) is 65.3 Å². The van der Waals surface area contributed by atoms with Gasteiger partial charge >= 0.3 is 0 Å². The molecule has 0 aliphatic carbocycles. The zero-order valence-electron chi connectivity index (χ0n) is 18.3. The first-order chi connectivity index (χ1) is 14.1. The van der Waals surface area contributed by atoms with Crippen molar-refractivity contribution in [1.82, 2.24) is 15.5 Å². The lowest BCUT2D eigenvalue weighted by atomic mass is 10.2. The molecule has 0 radical (unpaired) electrons. The van der Waals surface area contributed by atoms with Crippen LogP contribution in [0.15, 0.2) is 52.1 Å². The second-order valence-corrected chi connectivity index (χ2v) is 7.46. The number of aliphatic imine (C=N–C) groups is 1. The SMILES string of the molecule is CCNC(=NCC(c1ccco1)N(C)C)NC1CCN(c2ccccc2OC)C1.I. The number of ether oxygens (including phenoxy) is 1. The molecule has 0 bridgehead atoms. The number of hydrogen-bond acceptors (Lipinski definition) is 5. The van der Waals surface area contributed by atoms with Crippen LogP contribution in [0.25, 0.3) is 0 Å². The first-order valence-electron chi connectivity index (χ1n) is 10.2. The number of rotatable bonds is 8. The molecule has 1 aromatic carbocycles. The van der Waals surface area contributed by atoms with Crippen molar-refractivity contribution in [2.24, 2.45) is 4.99 Å². The number of guanidine groups is 1. The highest BCUT2D eigenvalue weighted by molar-refractivity contribution is 14.0. The second-order valence-electron chi connectivity index (χ2n) is 7.46. The molecule has 2 unspecified atom stereocenters. The highest BCUT2D eigenvalue weighted by Crippen LogP contribution is 2.30. The second kappa shape index (κ2) is 12.0. The van der Waals surface area contributed by atoms with E-state index in [4.69, 9.17) is 14.1 Å². The van der Waals surface area contributed by atoms with Crippen molar-refractivity contribution >= 4 is 35.6 Å². The molecule has 2 atom stereocenters. The molecule has 1 aliphatic heterocycles. The number of hydrogen-bond donors (Lipinski definition) is 2. The summed E-state index contributed by atoms with van der Waals surface area (Å²) < 4.78 is 11.1. The Labute approximate surface area is 196 Å². The van der Waals surface area contributed by atoms with Gasteiger partial charge in [0.15, 0.2) is 5.96 Å². The molecule has 1 saturated heterocycles. The number of furan rings is 1. The van der Waals surface area contributed by atoms with Gasteiger partial charge in [-0.1, -0.05) is 12.1 Å². The van der Waals surface area contributed by atoms with Gasteiger partial charge in [0, 0.05) is 25.7 Å². The minimum Gasteiger partial charge on any atom is -0.495 e. The van der Waals surface area contributed by atoms with Crippen molar-refractivity contribution < 1.29 is 9.15 Å². The summed E-state index contributed by atoms with van der Waals surface area (Å²) in [6, 6.07) is 12.5. The van der Waals surface area contributed by atoms with Crippen LogP contribution in [0, 0.1) is 0 Å². The molecule has 0 amide bonds. The number of halogens is 1. The summed E-state index contributed by atoms with van der Waals surface area (Å²) >= 11 is 0. The maximum Gasteiger partial charge on any atom is 0.191 e. The Balaban J connectivity index is 0.00000320. The molecular weight excluding hydrogens is 493 g/mol. The molecule has 3 rings (SSSR count). The predicted molar refractivity (Wildman–Crippen MR) is 133 cm³/mol. The average molecular weight is 527 g/mol. The number of nitrogens with zero attached hydrogens (tertiary/aromatic N) is 3. The summed E-state index contributed by atoms with van der Waals surface area (Å²) in [4.78, 5) is 9.33. The zero-order chi connectivity index (χ0) is 20.6. The van der Waals surface area contributed by atoms with Crippen LogP contribution in [-0.2, 0) is 0 Å². The van der Waals surface area contributed by atoms with Crippen LogP contribution in [-0.4, -0.2) is 64.3 Å². The summed E-state index contributed by atoms with van der Waals surface area (Å²) in [7, 11) is 5.82. The molecule has 2 N–H and O–H groups in total. The Kier molecular flexibility index (Phi) is 9.77. The van der Waals surface area contributed by atoms with Gasteiger partial charge in [-0.25, -0.2) is 0 Å². The third-order valence-electron chi connectivity index (χ3n) is 5.22. The van der Waals surface area contributed by atoms with Crippen molar-refractivity contribution in [1.29, 1.82) is 0 Å². The van der Waals surface area contributed by atoms with E-state index in [2.05, 4.69) is 39.5 Å². The van der Waals surface area contributed by atoms with E-state index in [9.17, 15) is 0 Å². The molecule has 1 aromatic heterocycles. The first kappa shape index (κ1) is 24.3. The number of benzene rings is 1. The number of anilines is 1. The van der Waals surface area contributed by atoms with E-state index in [0.29, 0.717) is 12.6 Å². The third kappa shape index (κ3) is 6.28. The monoisotopic (exact) mass is 527 g/mol. The molecule has 8 heteroatoms. The van der Waals surface area contributed by atoms with Crippen LogP contribution in [0.5, 0.6) is 5.75 Å². The number of likely N-dealkylation sites (N-methyl/N-ethyl adjacent to an activating group) is 1. The molecule has 7 nitrogen and oxygen atoms in total. The van der Waals surface area contributed by atoms with Gasteiger partial charge in [-0.05, 0) is 51.7 Å². The normalized spacial score (nSPS) is 17.6. The summed E-state index contributed by atoms with van der Waals surface area (Å²) in [6.07, 6.45) is 2.77. The Hall–Kier alpha value is -1.94. The van der Waals surface area contributed by atoms with E-state index >= 15 is 0 Å². The van der Waals surface area contributed by atoms with Crippen LogP contribution in [0.2, 0.25) is 0 Å². The lowest BCUT2D eigenvalue weighted by Crippen LogP contribution is -2.45. The van der Waals surface area contributed by atoms with E-state index in [1.807, 2.05) is 38.4 Å². The van der Waals surface area contributed by atoms with E-state index in [1.54, 1.807) is 13.4 Å². The van der Waals surface area contributed by atoms with Gasteiger partial charge in [-0.3, -0.25) is 9.89 Å². The van der Waals surface area contributed by atoms with Gasteiger partial charge in [0.25, 0.3) is 0 Å². The Morgan fingerprint density at radius 2 is 2.10 bits per heavy atom. The molecular formula is C22H34IN5O2. The van der Waals surface area contributed by atoms with Crippen molar-refractivity contribution in [2.45, 2.75) is 25.4 Å². The molecule has 1 fully saturated rings. The molecule has 30 heavy (non-hydrogen) atoms. The fourth-order valence-electron chi connectivity index (χ4n) is 3.67. The molecule has 2 aromatic rings. The highest BCUT2D eigenvalue weighted by atomic mass is 127. The van der Waals surface area contributed by atoms with Crippen molar-refractivity contribution in [2.75, 3.05) is 52.3 Å². The van der Waals surface area contributed by atoms with Crippen LogP contribution in [0.1, 0.15) is 25.1 Å². The average Bonchev–Trinajstić information content (AvgIpc) is 3.40. The van der Waals surface area contributed by atoms with Gasteiger partial charge in [0.05, 0.1) is 31.6 Å². The van der Waals surface area contributed by atoms with Gasteiger partial charge in [0.2, 0.25) is 0 Å². The number of nitrogens with one attached hydrogen (secondary N) is 2. The maximum atomic E-state index is 5.60. The standard InChI is InChI=1S/C22H33N5O2.HI/c1-5-23-22(24-15-19(26(2)3)21-11-8-14-29-21)25-17-12-13-27(16-17)18-9-6-7-10-20(18)28-4;/h6-11,14,17,19H,5,12-13,15-16H2,1-4H3,(H2,23,24,25);1H. The van der Waals surface area contributed by atoms with E-state index < -0.39 is 0 Å². The minimum absolute atomic E-state index is 0. The number of para-hydroxylation sites is 2. The smallest absolute Gasteiger partial charge is 0.191 e. The van der Waals surface area contributed by atoms with Crippen LogP contribution in [0.4, 0.5) is 5.69 Å². The van der Waals surface area contributed by atoms with Gasteiger partial charge in [-0.2, -0.15) is 0 Å². The van der Waals surface area contributed by atoms with Crippen LogP contribution >= 0.6 is 24.0 Å². The van der Waals surface area contributed by atoms with Crippen LogP contribution in [0.3, 0.4) is 0 Å². The Bertz CT molecular complexity index is 782. The van der Waals surface area contributed by atoms with Gasteiger partial charge in [0.1, 0.15) is 11.5 Å². The summed E-state index contributed by atoms with van der Waals surface area (Å²) in [6.45, 7) is 5.44. The fourth-order valence-corrected chi connectivity index (χ4v) is 3.67. The summed E-state index contributed by atoms with van der Waals surface area (Å²) in [5.41, 5.74) is 1.15.